The molecule has 1 saturated carbocycles. The number of fused-ring (bicyclic) bond motifs is 1. The van der Waals surface area contributed by atoms with Gasteiger partial charge in [-0.15, -0.1) is 0 Å². The number of hydrogen-bond acceptors (Lipinski definition) is 9. The molecule has 6 rings (SSSR count). The van der Waals surface area contributed by atoms with Crippen molar-refractivity contribution in [2.75, 3.05) is 13.2 Å². The molecule has 0 aliphatic heterocycles. The first-order valence-corrected chi connectivity index (χ1v) is 16.7. The quantitative estimate of drug-likeness (QED) is 0.0847. The van der Waals surface area contributed by atoms with Gasteiger partial charge in [0.15, 0.2) is 6.61 Å². The normalized spacial score (nSPS) is 17.0. The number of carboxylic acids is 1. The molecule has 52 heavy (non-hydrogen) atoms. The maximum absolute atomic E-state index is 12.8. The fraction of sp³-hybridized carbons (Fsp3) is 0.231. The van der Waals surface area contributed by atoms with Crippen LogP contribution in [0.3, 0.4) is 0 Å². The van der Waals surface area contributed by atoms with Crippen molar-refractivity contribution < 1.29 is 39.5 Å². The van der Waals surface area contributed by atoms with Gasteiger partial charge in [-0.25, -0.2) is 4.79 Å². The number of carboxylic acid groups (broad SMARTS) is 1. The SMILES string of the molecule is O=C(COc1cccc([C@](O)(C(=O)O)c2ccccc2)c1)N[C@H]1C[C@H](NC(=O)c2ccc(CNC[C@H](O)c3ccc(O)c4[nH]c(=O)ccc34)cc2)C1. The van der Waals surface area contributed by atoms with Gasteiger partial charge in [0.1, 0.15) is 11.5 Å². The Morgan fingerprint density at radius 1 is 0.865 bits per heavy atom. The number of carbonyl (C=O) groups excluding carboxylic acids is 2. The highest BCUT2D eigenvalue weighted by molar-refractivity contribution is 5.94. The van der Waals surface area contributed by atoms with E-state index in [4.69, 9.17) is 4.74 Å². The van der Waals surface area contributed by atoms with E-state index in [1.165, 1.54) is 36.4 Å². The Kier molecular flexibility index (Phi) is 10.7. The molecule has 13 heteroatoms. The van der Waals surface area contributed by atoms with Gasteiger partial charge in [0, 0.05) is 47.8 Å². The maximum Gasteiger partial charge on any atom is 0.345 e. The lowest BCUT2D eigenvalue weighted by Gasteiger charge is -2.36. The van der Waals surface area contributed by atoms with Crippen molar-refractivity contribution >= 4 is 28.7 Å². The van der Waals surface area contributed by atoms with Crippen molar-refractivity contribution in [1.82, 2.24) is 20.9 Å². The van der Waals surface area contributed by atoms with Crippen LogP contribution in [0.15, 0.2) is 108 Å². The zero-order valence-corrected chi connectivity index (χ0v) is 27.9. The number of phenolic OH excluding ortho intramolecular Hbond substituents is 1. The summed E-state index contributed by atoms with van der Waals surface area (Å²) in [7, 11) is 0. The fourth-order valence-corrected chi connectivity index (χ4v) is 6.23. The predicted molar refractivity (Wildman–Crippen MR) is 191 cm³/mol. The lowest BCUT2D eigenvalue weighted by Crippen LogP contribution is -2.54. The standard InChI is InChI=1S/C39H38N4O9/c44-32-15-13-30(31-14-16-34(46)43-36(31)32)33(45)21-40-20-23-9-11-24(12-10-23)37(48)42-28-18-27(19-28)41-35(47)22-52-29-8-4-7-26(17-29)39(51,38(49)50)25-5-2-1-3-6-25/h1-17,27-28,33,40,44-45,51H,18-22H2,(H,41,47)(H,42,48)(H,43,46)(H,49,50)/t27-,28-,33-,39-/m0/s1. The molecule has 268 valence electrons. The Hall–Kier alpha value is -6.02. The number of aliphatic hydroxyl groups is 2. The Morgan fingerprint density at radius 2 is 1.58 bits per heavy atom. The molecule has 1 aromatic heterocycles. The van der Waals surface area contributed by atoms with Crippen molar-refractivity contribution in [3.8, 4) is 11.5 Å². The minimum atomic E-state index is -2.30. The van der Waals surface area contributed by atoms with E-state index in [0.717, 1.165) is 5.56 Å². The number of nitrogens with one attached hydrogen (secondary N) is 4. The molecule has 1 aliphatic rings. The number of aliphatic carboxylic acids is 1. The van der Waals surface area contributed by atoms with E-state index in [1.54, 1.807) is 54.6 Å². The van der Waals surface area contributed by atoms with Gasteiger partial charge < -0.3 is 46.1 Å². The Balaban J connectivity index is 0.918. The van der Waals surface area contributed by atoms with E-state index in [0.29, 0.717) is 35.9 Å². The molecule has 0 spiro atoms. The number of phenols is 1. The summed E-state index contributed by atoms with van der Waals surface area (Å²) in [6, 6.07) is 26.8. The van der Waals surface area contributed by atoms with E-state index in [-0.39, 0.29) is 70.8 Å². The van der Waals surface area contributed by atoms with Crippen LogP contribution in [-0.2, 0) is 21.7 Å². The molecule has 0 saturated heterocycles. The average molecular weight is 707 g/mol. The van der Waals surface area contributed by atoms with Crippen LogP contribution in [0.25, 0.3) is 10.9 Å². The molecule has 13 nitrogen and oxygen atoms in total. The number of aromatic amines is 1. The monoisotopic (exact) mass is 706 g/mol. The number of amides is 2. The summed E-state index contributed by atoms with van der Waals surface area (Å²) in [4.78, 5) is 51.7. The van der Waals surface area contributed by atoms with Crippen LogP contribution in [0, 0.1) is 0 Å². The van der Waals surface area contributed by atoms with E-state index >= 15 is 0 Å². The minimum Gasteiger partial charge on any atom is -0.506 e. The summed E-state index contributed by atoms with van der Waals surface area (Å²) < 4.78 is 5.61. The Morgan fingerprint density at radius 3 is 2.31 bits per heavy atom. The fourth-order valence-electron chi connectivity index (χ4n) is 6.23. The summed E-state index contributed by atoms with van der Waals surface area (Å²) in [5, 5.41) is 51.4. The molecule has 2 atom stereocenters. The van der Waals surface area contributed by atoms with E-state index < -0.39 is 17.7 Å². The summed E-state index contributed by atoms with van der Waals surface area (Å²) in [5.41, 5.74) is -0.157. The number of carbonyl (C=O) groups is 3. The molecule has 8 N–H and O–H groups in total. The molecule has 0 bridgehead atoms. The molecule has 4 aromatic carbocycles. The largest absolute Gasteiger partial charge is 0.506 e. The zero-order valence-electron chi connectivity index (χ0n) is 27.9. The van der Waals surface area contributed by atoms with Crippen LogP contribution in [0.4, 0.5) is 0 Å². The number of aromatic hydroxyl groups is 1. The second-order valence-corrected chi connectivity index (χ2v) is 12.7. The van der Waals surface area contributed by atoms with Gasteiger partial charge in [0.2, 0.25) is 11.2 Å². The summed E-state index contributed by atoms with van der Waals surface area (Å²) in [6.45, 7) is 0.332. The smallest absolute Gasteiger partial charge is 0.345 e. The summed E-state index contributed by atoms with van der Waals surface area (Å²) in [6.07, 6.45) is 0.201. The summed E-state index contributed by atoms with van der Waals surface area (Å²) >= 11 is 0. The Bertz CT molecular complexity index is 2130. The topological polar surface area (TPSA) is 210 Å². The second-order valence-electron chi connectivity index (χ2n) is 12.7. The number of aliphatic hydroxyl groups excluding tert-OH is 1. The second kappa shape index (κ2) is 15.5. The molecular formula is C39H38N4O9. The van der Waals surface area contributed by atoms with Gasteiger partial charge in [0.05, 0.1) is 11.6 Å². The number of H-pyrrole nitrogens is 1. The van der Waals surface area contributed by atoms with Crippen molar-refractivity contribution in [3.63, 3.8) is 0 Å². The molecule has 1 aliphatic carbocycles. The van der Waals surface area contributed by atoms with E-state index in [9.17, 15) is 39.6 Å². The number of rotatable bonds is 14. The highest BCUT2D eigenvalue weighted by Gasteiger charge is 2.40. The number of aromatic nitrogens is 1. The van der Waals surface area contributed by atoms with Crippen molar-refractivity contribution in [3.05, 3.63) is 141 Å². The third kappa shape index (κ3) is 7.97. The predicted octanol–water partition coefficient (Wildman–Crippen LogP) is 2.83. The highest BCUT2D eigenvalue weighted by atomic mass is 16.5. The van der Waals surface area contributed by atoms with Crippen molar-refractivity contribution in [1.29, 1.82) is 0 Å². The zero-order chi connectivity index (χ0) is 36.8. The van der Waals surface area contributed by atoms with Crippen LogP contribution in [0.1, 0.15) is 51.6 Å². The van der Waals surface area contributed by atoms with Gasteiger partial charge in [0.25, 0.3) is 11.8 Å². The summed E-state index contributed by atoms with van der Waals surface area (Å²) in [5.74, 6) is -1.90. The minimum absolute atomic E-state index is 0.0768. The van der Waals surface area contributed by atoms with Gasteiger partial charge in [-0.1, -0.05) is 60.7 Å². The first-order chi connectivity index (χ1) is 25.0. The number of pyridine rings is 1. The molecular weight excluding hydrogens is 668 g/mol. The molecule has 5 aromatic rings. The average Bonchev–Trinajstić information content (AvgIpc) is 3.13. The van der Waals surface area contributed by atoms with Crippen LogP contribution in [-0.4, -0.2) is 68.4 Å². The van der Waals surface area contributed by atoms with Crippen LogP contribution >= 0.6 is 0 Å². The number of benzene rings is 4. The third-order valence-corrected chi connectivity index (χ3v) is 9.11. The van der Waals surface area contributed by atoms with E-state index in [2.05, 4.69) is 20.9 Å². The van der Waals surface area contributed by atoms with Crippen LogP contribution in [0.2, 0.25) is 0 Å². The lowest BCUT2D eigenvalue weighted by atomic mass is 9.86. The highest BCUT2D eigenvalue weighted by Crippen LogP contribution is 2.32. The Labute approximate surface area is 297 Å². The molecule has 1 fully saturated rings. The molecule has 0 radical (unpaired) electrons. The van der Waals surface area contributed by atoms with Crippen molar-refractivity contribution in [2.45, 2.75) is 43.2 Å². The molecule has 2 amide bonds. The first kappa shape index (κ1) is 35.8. The van der Waals surface area contributed by atoms with Crippen LogP contribution < -0.4 is 26.2 Å². The van der Waals surface area contributed by atoms with E-state index in [1.807, 2.05) is 12.1 Å². The third-order valence-electron chi connectivity index (χ3n) is 9.11. The molecule has 1 heterocycles. The first-order valence-electron chi connectivity index (χ1n) is 16.7. The van der Waals surface area contributed by atoms with Gasteiger partial charge in [-0.05, 0) is 65.9 Å². The number of hydrogen-bond donors (Lipinski definition) is 8. The van der Waals surface area contributed by atoms with Crippen molar-refractivity contribution in [2.24, 2.45) is 0 Å². The number of ether oxygens (including phenoxy) is 1. The molecule has 0 unspecified atom stereocenters. The lowest BCUT2D eigenvalue weighted by molar-refractivity contribution is -0.155. The maximum atomic E-state index is 12.8. The van der Waals surface area contributed by atoms with Gasteiger partial charge in [-0.2, -0.15) is 0 Å². The van der Waals surface area contributed by atoms with Crippen LogP contribution in [0.5, 0.6) is 11.5 Å². The van der Waals surface area contributed by atoms with Gasteiger partial charge in [-0.3, -0.25) is 14.4 Å². The van der Waals surface area contributed by atoms with Gasteiger partial charge >= 0.3 is 5.97 Å².